The van der Waals surface area contributed by atoms with E-state index in [4.69, 9.17) is 0 Å². The summed E-state index contributed by atoms with van der Waals surface area (Å²) in [6.07, 6.45) is 3.62. The van der Waals surface area contributed by atoms with Gasteiger partial charge in [0.2, 0.25) is 0 Å². The van der Waals surface area contributed by atoms with Gasteiger partial charge in [0.05, 0.1) is 0 Å². The Labute approximate surface area is 79.4 Å². The third kappa shape index (κ3) is 0.922. The molecule has 0 aliphatic heterocycles. The van der Waals surface area contributed by atoms with E-state index in [-0.39, 0.29) is 0 Å². The topological polar surface area (TPSA) is 58.9 Å². The minimum absolute atomic E-state index is 0.776. The van der Waals surface area contributed by atoms with Crippen molar-refractivity contribution in [3.8, 4) is 11.5 Å². The Bertz CT molecular complexity index is 551. The largest absolute Gasteiger partial charge is 0.281 e. The van der Waals surface area contributed by atoms with Gasteiger partial charge in [-0.1, -0.05) is 6.07 Å². The molecule has 0 aromatic carbocycles. The first-order valence-electron chi connectivity index (χ1n) is 4.25. The summed E-state index contributed by atoms with van der Waals surface area (Å²) >= 11 is 0. The van der Waals surface area contributed by atoms with Crippen molar-refractivity contribution in [3.05, 3.63) is 36.7 Å². The number of hydrogen-bond donors (Lipinski definition) is 1. The van der Waals surface area contributed by atoms with E-state index in [2.05, 4.69) is 20.4 Å². The van der Waals surface area contributed by atoms with Crippen LogP contribution in [0.1, 0.15) is 0 Å². The van der Waals surface area contributed by atoms with Crippen molar-refractivity contribution in [2.45, 2.75) is 0 Å². The van der Waals surface area contributed by atoms with Crippen LogP contribution in [0.4, 0.5) is 0 Å². The number of hydrogen-bond acceptors (Lipinski definition) is 3. The van der Waals surface area contributed by atoms with E-state index in [0.29, 0.717) is 0 Å². The van der Waals surface area contributed by atoms with E-state index in [9.17, 15) is 0 Å². The van der Waals surface area contributed by atoms with Crippen LogP contribution in [0.2, 0.25) is 0 Å². The third-order valence-electron chi connectivity index (χ3n) is 2.06. The highest BCUT2D eigenvalue weighted by Gasteiger charge is 2.07. The highest BCUT2D eigenvalue weighted by molar-refractivity contribution is 5.54. The Kier molecular flexibility index (Phi) is 1.38. The van der Waals surface area contributed by atoms with E-state index in [1.807, 2.05) is 34.9 Å². The van der Waals surface area contributed by atoms with Gasteiger partial charge >= 0.3 is 0 Å². The Hall–Kier alpha value is -2.17. The summed E-state index contributed by atoms with van der Waals surface area (Å²) in [6, 6.07) is 7.65. The van der Waals surface area contributed by atoms with Gasteiger partial charge < -0.3 is 0 Å². The summed E-state index contributed by atoms with van der Waals surface area (Å²) < 4.78 is 1.91. The van der Waals surface area contributed by atoms with Crippen molar-refractivity contribution in [2.24, 2.45) is 0 Å². The molecule has 0 bridgehead atoms. The first-order valence-corrected chi connectivity index (χ1v) is 4.25. The molecular formula is C9H7N5. The fourth-order valence-corrected chi connectivity index (χ4v) is 1.41. The van der Waals surface area contributed by atoms with Gasteiger partial charge in [-0.15, -0.1) is 10.2 Å². The number of rotatable bonds is 1. The molecule has 0 spiro atoms. The van der Waals surface area contributed by atoms with Crippen molar-refractivity contribution in [1.29, 1.82) is 0 Å². The van der Waals surface area contributed by atoms with E-state index < -0.39 is 0 Å². The van der Waals surface area contributed by atoms with Crippen molar-refractivity contribution in [2.75, 3.05) is 0 Å². The maximum absolute atomic E-state index is 4.08. The van der Waals surface area contributed by atoms with E-state index in [1.165, 1.54) is 0 Å². The zero-order valence-electron chi connectivity index (χ0n) is 7.25. The third-order valence-corrected chi connectivity index (χ3v) is 2.06. The lowest BCUT2D eigenvalue weighted by atomic mass is 10.4. The van der Waals surface area contributed by atoms with Gasteiger partial charge in [0.1, 0.15) is 5.69 Å². The van der Waals surface area contributed by atoms with E-state index >= 15 is 0 Å². The van der Waals surface area contributed by atoms with Crippen LogP contribution in [0, 0.1) is 0 Å². The molecule has 0 unspecified atom stereocenters. The van der Waals surface area contributed by atoms with Crippen molar-refractivity contribution in [3.63, 3.8) is 0 Å². The Morgan fingerprint density at radius 3 is 3.00 bits per heavy atom. The molecule has 0 saturated heterocycles. The van der Waals surface area contributed by atoms with Crippen LogP contribution in [-0.2, 0) is 0 Å². The van der Waals surface area contributed by atoms with Crippen molar-refractivity contribution < 1.29 is 0 Å². The fraction of sp³-hybridized carbons (Fsp3) is 0. The summed E-state index contributed by atoms with van der Waals surface area (Å²) in [4.78, 5) is 0. The highest BCUT2D eigenvalue weighted by Crippen LogP contribution is 2.14. The minimum atomic E-state index is 0.776. The molecule has 0 fully saturated rings. The van der Waals surface area contributed by atoms with Gasteiger partial charge in [0.25, 0.3) is 0 Å². The molecule has 3 heterocycles. The van der Waals surface area contributed by atoms with Crippen LogP contribution in [-0.4, -0.2) is 24.8 Å². The Balaban J connectivity index is 2.33. The van der Waals surface area contributed by atoms with E-state index in [0.717, 1.165) is 17.2 Å². The number of aromatic nitrogens is 5. The molecule has 0 radical (unpaired) electrons. The lowest BCUT2D eigenvalue weighted by Crippen LogP contribution is -1.88. The first-order chi connectivity index (χ1) is 6.95. The fourth-order valence-electron chi connectivity index (χ4n) is 1.41. The van der Waals surface area contributed by atoms with Crippen molar-refractivity contribution >= 4 is 5.65 Å². The number of aromatic amines is 1. The summed E-state index contributed by atoms with van der Waals surface area (Å²) in [5.74, 6) is 0.776. The minimum Gasteiger partial charge on any atom is -0.281 e. The molecule has 3 aromatic rings. The number of pyridine rings is 1. The quantitative estimate of drug-likeness (QED) is 0.618. The van der Waals surface area contributed by atoms with Crippen molar-refractivity contribution in [1.82, 2.24) is 24.8 Å². The van der Waals surface area contributed by atoms with E-state index in [1.54, 1.807) is 6.20 Å². The number of nitrogens with zero attached hydrogens (tertiary/aromatic N) is 4. The second kappa shape index (κ2) is 2.66. The zero-order valence-corrected chi connectivity index (χ0v) is 7.25. The predicted octanol–water partition coefficient (Wildman–Crippen LogP) is 1.12. The lowest BCUT2D eigenvalue weighted by Gasteiger charge is -1.94. The second-order valence-corrected chi connectivity index (χ2v) is 2.92. The maximum Gasteiger partial charge on any atom is 0.186 e. The molecule has 0 saturated carbocycles. The molecule has 3 rings (SSSR count). The SMILES string of the molecule is c1ccn2c(-c3ccn[nH]3)nnc2c1. The van der Waals surface area contributed by atoms with Gasteiger partial charge in [-0.3, -0.25) is 9.50 Å². The summed E-state index contributed by atoms with van der Waals surface area (Å²) in [6.45, 7) is 0. The number of H-pyrrole nitrogens is 1. The molecule has 5 heteroatoms. The molecule has 0 aliphatic rings. The monoisotopic (exact) mass is 185 g/mol. The molecule has 5 nitrogen and oxygen atoms in total. The second-order valence-electron chi connectivity index (χ2n) is 2.92. The highest BCUT2D eigenvalue weighted by atomic mass is 15.3. The van der Waals surface area contributed by atoms with Gasteiger partial charge in [-0.25, -0.2) is 0 Å². The lowest BCUT2D eigenvalue weighted by molar-refractivity contribution is 1.05. The average Bonchev–Trinajstić information content (AvgIpc) is 2.85. The van der Waals surface area contributed by atoms with Crippen LogP contribution in [0.3, 0.4) is 0 Å². The molecule has 3 aromatic heterocycles. The van der Waals surface area contributed by atoms with Gasteiger partial charge in [0.15, 0.2) is 11.5 Å². The smallest absolute Gasteiger partial charge is 0.186 e. The van der Waals surface area contributed by atoms with Crippen LogP contribution < -0.4 is 0 Å². The standard InChI is InChI=1S/C9H7N5/c1-2-6-14-8(3-1)12-13-9(14)7-4-5-10-11-7/h1-6H,(H,10,11). The van der Waals surface area contributed by atoms with Gasteiger partial charge in [-0.05, 0) is 18.2 Å². The molecule has 0 atom stereocenters. The normalized spacial score (nSPS) is 10.9. The van der Waals surface area contributed by atoms with Crippen LogP contribution >= 0.6 is 0 Å². The summed E-state index contributed by atoms with van der Waals surface area (Å²) in [7, 11) is 0. The molecule has 14 heavy (non-hydrogen) atoms. The molecular weight excluding hydrogens is 178 g/mol. The van der Waals surface area contributed by atoms with Gasteiger partial charge in [0, 0.05) is 12.4 Å². The van der Waals surface area contributed by atoms with Crippen LogP contribution in [0.25, 0.3) is 17.2 Å². The molecule has 0 amide bonds. The first kappa shape index (κ1) is 7.25. The molecule has 68 valence electrons. The molecule has 0 aliphatic carbocycles. The zero-order chi connectivity index (χ0) is 9.38. The molecule has 1 N–H and O–H groups in total. The summed E-state index contributed by atoms with van der Waals surface area (Å²) in [5, 5.41) is 14.9. The van der Waals surface area contributed by atoms with Gasteiger partial charge in [-0.2, -0.15) is 5.10 Å². The number of fused-ring (bicyclic) bond motifs is 1. The predicted molar refractivity (Wildman–Crippen MR) is 50.6 cm³/mol. The average molecular weight is 185 g/mol. The van der Waals surface area contributed by atoms with Crippen LogP contribution in [0.15, 0.2) is 36.7 Å². The van der Waals surface area contributed by atoms with Crippen LogP contribution in [0.5, 0.6) is 0 Å². The number of nitrogens with one attached hydrogen (secondary N) is 1. The Morgan fingerprint density at radius 2 is 2.14 bits per heavy atom. The summed E-state index contributed by atoms with van der Waals surface area (Å²) in [5.41, 5.74) is 1.70. The maximum atomic E-state index is 4.08. The Morgan fingerprint density at radius 1 is 1.14 bits per heavy atom.